The Labute approximate surface area is 117 Å². The van der Waals surface area contributed by atoms with E-state index in [-0.39, 0.29) is 23.7 Å². The predicted octanol–water partition coefficient (Wildman–Crippen LogP) is 3.67. The minimum Gasteiger partial charge on any atom is -0.466 e. The van der Waals surface area contributed by atoms with E-state index in [2.05, 4.69) is 20.9 Å². The summed E-state index contributed by atoms with van der Waals surface area (Å²) >= 11 is 8.94. The number of alkyl halides is 3. The van der Waals surface area contributed by atoms with Crippen LogP contribution in [0.4, 0.5) is 8.78 Å². The maximum atomic E-state index is 12.9. The Kier molecular flexibility index (Phi) is 5.95. The summed E-state index contributed by atoms with van der Waals surface area (Å²) in [7, 11) is 0. The lowest BCUT2D eigenvalue weighted by Crippen LogP contribution is -2.12. The summed E-state index contributed by atoms with van der Waals surface area (Å²) in [6.45, 7) is 1.83. The number of aromatic nitrogens is 1. The second kappa shape index (κ2) is 6.99. The maximum absolute atomic E-state index is 12.9. The van der Waals surface area contributed by atoms with Crippen LogP contribution in [0.5, 0.6) is 0 Å². The van der Waals surface area contributed by atoms with E-state index in [1.165, 1.54) is 6.07 Å². The van der Waals surface area contributed by atoms with Gasteiger partial charge in [-0.3, -0.25) is 9.78 Å². The van der Waals surface area contributed by atoms with Gasteiger partial charge in [-0.2, -0.15) is 0 Å². The summed E-state index contributed by atoms with van der Waals surface area (Å²) in [5.41, 5.74) is 0.0449. The molecule has 0 N–H and O–H groups in total. The van der Waals surface area contributed by atoms with Crippen molar-refractivity contribution in [3.05, 3.63) is 28.0 Å². The van der Waals surface area contributed by atoms with Crippen molar-refractivity contribution in [3.8, 4) is 0 Å². The average Bonchev–Trinajstić information content (AvgIpc) is 2.27. The summed E-state index contributed by atoms with van der Waals surface area (Å²) in [6.07, 6.45) is -3.09. The van der Waals surface area contributed by atoms with Gasteiger partial charge in [0.2, 0.25) is 0 Å². The molecule has 0 aliphatic carbocycles. The first-order chi connectivity index (χ1) is 8.49. The van der Waals surface area contributed by atoms with Gasteiger partial charge in [0.05, 0.1) is 35.0 Å². The van der Waals surface area contributed by atoms with Crippen LogP contribution >= 0.6 is 27.5 Å². The molecule has 7 heteroatoms. The van der Waals surface area contributed by atoms with Gasteiger partial charge in [0.15, 0.2) is 0 Å². The van der Waals surface area contributed by atoms with Crippen LogP contribution in [-0.4, -0.2) is 17.6 Å². The Hall–Kier alpha value is -0.750. The van der Waals surface area contributed by atoms with Gasteiger partial charge in [0.1, 0.15) is 0 Å². The van der Waals surface area contributed by atoms with Gasteiger partial charge in [0.25, 0.3) is 6.43 Å². The van der Waals surface area contributed by atoms with E-state index in [0.717, 1.165) is 0 Å². The normalized spacial score (nSPS) is 10.8. The highest BCUT2D eigenvalue weighted by atomic mass is 79.9. The zero-order chi connectivity index (χ0) is 13.7. The van der Waals surface area contributed by atoms with E-state index in [4.69, 9.17) is 16.3 Å². The van der Waals surface area contributed by atoms with Crippen molar-refractivity contribution in [2.75, 3.05) is 6.61 Å². The molecule has 0 radical (unpaired) electrons. The van der Waals surface area contributed by atoms with Crippen LogP contribution in [0.25, 0.3) is 0 Å². The molecule has 100 valence electrons. The number of esters is 1. The Morgan fingerprint density at radius 3 is 2.78 bits per heavy atom. The topological polar surface area (TPSA) is 39.2 Å². The van der Waals surface area contributed by atoms with E-state index in [1.54, 1.807) is 6.92 Å². The third-order valence-corrected chi connectivity index (χ3v) is 3.00. The van der Waals surface area contributed by atoms with Crippen molar-refractivity contribution in [2.45, 2.75) is 25.1 Å². The minimum atomic E-state index is -2.78. The largest absolute Gasteiger partial charge is 0.466 e. The van der Waals surface area contributed by atoms with Crippen molar-refractivity contribution in [2.24, 2.45) is 0 Å². The zero-order valence-corrected chi connectivity index (χ0v) is 11.9. The van der Waals surface area contributed by atoms with E-state index in [0.29, 0.717) is 11.0 Å². The first-order valence-corrected chi connectivity index (χ1v) is 6.67. The van der Waals surface area contributed by atoms with Crippen molar-refractivity contribution >= 4 is 33.5 Å². The van der Waals surface area contributed by atoms with E-state index in [1.807, 2.05) is 0 Å². The highest BCUT2D eigenvalue weighted by Crippen LogP contribution is 2.31. The summed E-state index contributed by atoms with van der Waals surface area (Å²) in [5, 5.41) is 0.278. The first kappa shape index (κ1) is 15.3. The molecule has 0 saturated heterocycles. The van der Waals surface area contributed by atoms with E-state index < -0.39 is 18.0 Å². The van der Waals surface area contributed by atoms with Crippen LogP contribution in [-0.2, 0) is 21.3 Å². The average molecular weight is 343 g/mol. The van der Waals surface area contributed by atoms with Gasteiger partial charge >= 0.3 is 5.97 Å². The number of ether oxygens (including phenoxy) is 1. The molecule has 0 amide bonds. The standard InChI is InChI=1S/C11H11BrClF2NO2/c1-2-18-9(17)4-8-10(11(14)15)7(13)3-6(5-12)16-8/h3,11H,2,4-5H2,1H3. The van der Waals surface area contributed by atoms with Gasteiger partial charge in [-0.15, -0.1) is 0 Å². The number of pyridine rings is 1. The van der Waals surface area contributed by atoms with Crippen LogP contribution in [0, 0.1) is 0 Å². The molecule has 18 heavy (non-hydrogen) atoms. The smallest absolute Gasteiger partial charge is 0.311 e. The van der Waals surface area contributed by atoms with Crippen molar-refractivity contribution in [3.63, 3.8) is 0 Å². The molecule has 1 aromatic heterocycles. The SMILES string of the molecule is CCOC(=O)Cc1nc(CBr)cc(Cl)c1C(F)F. The molecule has 1 heterocycles. The van der Waals surface area contributed by atoms with E-state index in [9.17, 15) is 13.6 Å². The number of hydrogen-bond acceptors (Lipinski definition) is 3. The van der Waals surface area contributed by atoms with Crippen LogP contribution in [0.15, 0.2) is 6.07 Å². The molecule has 0 spiro atoms. The summed E-state index contributed by atoms with van der Waals surface area (Å²) < 4.78 is 30.5. The number of halogens is 4. The molecule has 0 bridgehead atoms. The summed E-state index contributed by atoms with van der Waals surface area (Å²) in [6, 6.07) is 1.35. The van der Waals surface area contributed by atoms with Gasteiger partial charge in [-0.05, 0) is 13.0 Å². The van der Waals surface area contributed by atoms with Crippen molar-refractivity contribution < 1.29 is 18.3 Å². The van der Waals surface area contributed by atoms with Crippen LogP contribution in [0.2, 0.25) is 5.02 Å². The Morgan fingerprint density at radius 1 is 1.61 bits per heavy atom. The highest BCUT2D eigenvalue weighted by Gasteiger charge is 2.21. The van der Waals surface area contributed by atoms with Gasteiger partial charge in [0, 0.05) is 5.33 Å². The summed E-state index contributed by atoms with van der Waals surface area (Å²) in [4.78, 5) is 15.3. The first-order valence-electron chi connectivity index (χ1n) is 5.17. The number of nitrogens with zero attached hydrogens (tertiary/aromatic N) is 1. The molecule has 0 aliphatic heterocycles. The molecule has 0 atom stereocenters. The number of hydrogen-bond donors (Lipinski definition) is 0. The monoisotopic (exact) mass is 341 g/mol. The fraction of sp³-hybridized carbons (Fsp3) is 0.455. The Morgan fingerprint density at radius 2 is 2.28 bits per heavy atom. The van der Waals surface area contributed by atoms with Gasteiger partial charge in [-0.25, -0.2) is 8.78 Å². The third kappa shape index (κ3) is 3.88. The fourth-order valence-electron chi connectivity index (χ4n) is 1.41. The Bertz CT molecular complexity index is 443. The van der Waals surface area contributed by atoms with E-state index >= 15 is 0 Å². The molecule has 0 aromatic carbocycles. The lowest BCUT2D eigenvalue weighted by molar-refractivity contribution is -0.142. The van der Waals surface area contributed by atoms with Gasteiger partial charge in [-0.1, -0.05) is 27.5 Å². The second-order valence-corrected chi connectivity index (χ2v) is 4.34. The van der Waals surface area contributed by atoms with Crippen LogP contribution in [0.1, 0.15) is 30.3 Å². The number of carbonyl (C=O) groups is 1. The molecule has 1 rings (SSSR count). The minimum absolute atomic E-state index is 0.0367. The number of carbonyl (C=O) groups excluding carboxylic acids is 1. The van der Waals surface area contributed by atoms with Crippen LogP contribution < -0.4 is 0 Å². The molecule has 3 nitrogen and oxygen atoms in total. The number of rotatable bonds is 5. The molecule has 0 fully saturated rings. The molecular weight excluding hydrogens is 331 g/mol. The van der Waals surface area contributed by atoms with Gasteiger partial charge < -0.3 is 4.74 Å². The van der Waals surface area contributed by atoms with Crippen molar-refractivity contribution in [1.82, 2.24) is 4.98 Å². The molecule has 0 saturated carbocycles. The lowest BCUT2D eigenvalue weighted by atomic mass is 10.1. The quantitative estimate of drug-likeness (QED) is 0.605. The van der Waals surface area contributed by atoms with Crippen LogP contribution in [0.3, 0.4) is 0 Å². The Balaban J connectivity index is 3.13. The van der Waals surface area contributed by atoms with Crippen molar-refractivity contribution in [1.29, 1.82) is 0 Å². The molecule has 0 aliphatic rings. The predicted molar refractivity (Wildman–Crippen MR) is 67.2 cm³/mol. The lowest BCUT2D eigenvalue weighted by Gasteiger charge is -2.11. The fourth-order valence-corrected chi connectivity index (χ4v) is 2.01. The zero-order valence-electron chi connectivity index (χ0n) is 9.55. The molecule has 1 aromatic rings. The molecular formula is C11H11BrClF2NO2. The highest BCUT2D eigenvalue weighted by molar-refractivity contribution is 9.08. The molecule has 0 unspecified atom stereocenters. The third-order valence-electron chi connectivity index (χ3n) is 2.11. The summed E-state index contributed by atoms with van der Waals surface area (Å²) in [5.74, 6) is -0.602. The second-order valence-electron chi connectivity index (χ2n) is 3.37. The maximum Gasteiger partial charge on any atom is 0.311 e.